The van der Waals surface area contributed by atoms with Crippen molar-refractivity contribution in [3.8, 4) is 0 Å². The van der Waals surface area contributed by atoms with Crippen molar-refractivity contribution in [3.05, 3.63) is 46.4 Å². The molecular formula is C10H12NO2. The monoisotopic (exact) mass is 178 g/mol. The fourth-order valence-electron chi connectivity index (χ4n) is 1.19. The van der Waals surface area contributed by atoms with Crippen molar-refractivity contribution >= 4 is 5.69 Å². The smallest absolute Gasteiger partial charge is 0.258 e. The van der Waals surface area contributed by atoms with Crippen molar-refractivity contribution in [3.63, 3.8) is 0 Å². The molecule has 69 valence electrons. The second-order valence-electron chi connectivity index (χ2n) is 3.20. The van der Waals surface area contributed by atoms with Gasteiger partial charge in [-0.1, -0.05) is 13.0 Å². The Bertz CT molecular complexity index is 332. The Kier molecular flexibility index (Phi) is 2.66. The van der Waals surface area contributed by atoms with Crippen molar-refractivity contribution in [2.75, 3.05) is 0 Å². The fraction of sp³-hybridized carbons (Fsp3) is 0.300. The number of nitrogens with zero attached hydrogens (tertiary/aromatic N) is 1. The Labute approximate surface area is 77.5 Å². The van der Waals surface area contributed by atoms with Gasteiger partial charge in [0.25, 0.3) is 5.69 Å². The van der Waals surface area contributed by atoms with Crippen LogP contribution < -0.4 is 0 Å². The van der Waals surface area contributed by atoms with E-state index in [1.54, 1.807) is 13.0 Å². The maximum absolute atomic E-state index is 10.5. The minimum atomic E-state index is -0.368. The molecule has 1 atom stereocenters. The molecule has 0 spiro atoms. The van der Waals surface area contributed by atoms with Gasteiger partial charge in [-0.3, -0.25) is 10.1 Å². The number of rotatable bonds is 2. The molecule has 3 nitrogen and oxygen atoms in total. The van der Waals surface area contributed by atoms with E-state index in [1.165, 1.54) is 6.07 Å². The molecule has 0 saturated heterocycles. The molecule has 1 aromatic carbocycles. The van der Waals surface area contributed by atoms with E-state index in [1.807, 2.05) is 13.0 Å². The van der Waals surface area contributed by atoms with Crippen molar-refractivity contribution in [2.45, 2.75) is 19.8 Å². The first-order valence-corrected chi connectivity index (χ1v) is 4.10. The van der Waals surface area contributed by atoms with E-state index < -0.39 is 0 Å². The lowest BCUT2D eigenvalue weighted by molar-refractivity contribution is -0.385. The largest absolute Gasteiger partial charge is 0.272 e. The Hall–Kier alpha value is -1.38. The summed E-state index contributed by atoms with van der Waals surface area (Å²) in [5.41, 5.74) is 1.89. The Morgan fingerprint density at radius 2 is 2.15 bits per heavy atom. The normalized spacial score (nSPS) is 10.5. The topological polar surface area (TPSA) is 43.1 Å². The number of hydrogen-bond acceptors (Lipinski definition) is 2. The van der Waals surface area contributed by atoms with Crippen LogP contribution in [0.1, 0.15) is 24.0 Å². The van der Waals surface area contributed by atoms with Crippen LogP contribution in [0.3, 0.4) is 0 Å². The van der Waals surface area contributed by atoms with Gasteiger partial charge in [0.05, 0.1) is 4.92 Å². The predicted octanol–water partition coefficient (Wildman–Crippen LogP) is 2.84. The first-order valence-electron chi connectivity index (χ1n) is 4.10. The summed E-state index contributed by atoms with van der Waals surface area (Å²) >= 11 is 0. The third kappa shape index (κ3) is 2.05. The molecule has 0 amide bonds. The van der Waals surface area contributed by atoms with Crippen LogP contribution in [-0.4, -0.2) is 4.92 Å². The van der Waals surface area contributed by atoms with Gasteiger partial charge in [0, 0.05) is 11.6 Å². The fourth-order valence-corrected chi connectivity index (χ4v) is 1.19. The van der Waals surface area contributed by atoms with Crippen molar-refractivity contribution < 1.29 is 4.92 Å². The molecule has 0 saturated carbocycles. The standard InChI is InChI=1S/C10H12NO2/c1-7(2)9-4-5-10(11(12)13)8(3)6-9/h4-7H,1H2,2-3H3. The summed E-state index contributed by atoms with van der Waals surface area (Å²) in [4.78, 5) is 10.1. The molecule has 1 radical (unpaired) electrons. The average Bonchev–Trinajstić information content (AvgIpc) is 2.03. The quantitative estimate of drug-likeness (QED) is 0.516. The molecule has 0 fully saturated rings. The highest BCUT2D eigenvalue weighted by Crippen LogP contribution is 2.22. The van der Waals surface area contributed by atoms with Gasteiger partial charge in [0.2, 0.25) is 0 Å². The summed E-state index contributed by atoms with van der Waals surface area (Å²) in [7, 11) is 0. The van der Waals surface area contributed by atoms with Gasteiger partial charge >= 0.3 is 0 Å². The summed E-state index contributed by atoms with van der Waals surface area (Å²) in [5, 5.41) is 10.5. The van der Waals surface area contributed by atoms with Crippen LogP contribution in [0, 0.1) is 24.0 Å². The minimum absolute atomic E-state index is 0.166. The molecule has 1 aromatic rings. The predicted molar refractivity (Wildman–Crippen MR) is 51.6 cm³/mol. The van der Waals surface area contributed by atoms with Gasteiger partial charge in [0.15, 0.2) is 0 Å². The van der Waals surface area contributed by atoms with E-state index in [9.17, 15) is 10.1 Å². The lowest BCUT2D eigenvalue weighted by Crippen LogP contribution is -1.94. The molecular weight excluding hydrogens is 166 g/mol. The molecule has 0 aliphatic rings. The highest BCUT2D eigenvalue weighted by molar-refractivity contribution is 5.42. The van der Waals surface area contributed by atoms with Crippen LogP contribution in [0.25, 0.3) is 0 Å². The molecule has 0 aliphatic carbocycles. The molecule has 1 unspecified atom stereocenters. The molecule has 0 N–H and O–H groups in total. The molecule has 0 bridgehead atoms. The number of aryl methyl sites for hydroxylation is 1. The van der Waals surface area contributed by atoms with E-state index in [-0.39, 0.29) is 16.5 Å². The lowest BCUT2D eigenvalue weighted by Gasteiger charge is -2.05. The second kappa shape index (κ2) is 3.56. The van der Waals surface area contributed by atoms with Gasteiger partial charge in [-0.05, 0) is 31.4 Å². The molecule has 1 rings (SSSR count). The third-order valence-corrected chi connectivity index (χ3v) is 1.99. The molecule has 0 aliphatic heterocycles. The maximum Gasteiger partial charge on any atom is 0.272 e. The van der Waals surface area contributed by atoms with Crippen LogP contribution in [-0.2, 0) is 0 Å². The summed E-state index contributed by atoms with van der Waals surface area (Å²) in [5.74, 6) is 0.166. The maximum atomic E-state index is 10.5. The first kappa shape index (κ1) is 9.71. The zero-order valence-corrected chi connectivity index (χ0v) is 7.78. The van der Waals surface area contributed by atoms with Gasteiger partial charge in [-0.15, -0.1) is 0 Å². The second-order valence-corrected chi connectivity index (χ2v) is 3.20. The lowest BCUT2D eigenvalue weighted by atomic mass is 10.0. The summed E-state index contributed by atoms with van der Waals surface area (Å²) in [6.07, 6.45) is 0. The minimum Gasteiger partial charge on any atom is -0.258 e. The number of benzene rings is 1. The Morgan fingerprint density at radius 1 is 1.54 bits per heavy atom. The van der Waals surface area contributed by atoms with Crippen molar-refractivity contribution in [1.29, 1.82) is 0 Å². The van der Waals surface area contributed by atoms with Crippen LogP contribution in [0.5, 0.6) is 0 Å². The third-order valence-electron chi connectivity index (χ3n) is 1.99. The summed E-state index contributed by atoms with van der Waals surface area (Å²) in [6, 6.07) is 5.10. The zero-order valence-electron chi connectivity index (χ0n) is 7.78. The van der Waals surface area contributed by atoms with E-state index >= 15 is 0 Å². The van der Waals surface area contributed by atoms with Crippen LogP contribution in [0.2, 0.25) is 0 Å². The van der Waals surface area contributed by atoms with Gasteiger partial charge in [-0.25, -0.2) is 0 Å². The number of hydrogen-bond donors (Lipinski definition) is 0. The van der Waals surface area contributed by atoms with Gasteiger partial charge in [-0.2, -0.15) is 0 Å². The van der Waals surface area contributed by atoms with Crippen LogP contribution >= 0.6 is 0 Å². The summed E-state index contributed by atoms with van der Waals surface area (Å²) < 4.78 is 0. The van der Waals surface area contributed by atoms with Crippen molar-refractivity contribution in [2.24, 2.45) is 0 Å². The zero-order chi connectivity index (χ0) is 10.0. The van der Waals surface area contributed by atoms with Crippen LogP contribution in [0.4, 0.5) is 5.69 Å². The average molecular weight is 178 g/mol. The van der Waals surface area contributed by atoms with Crippen LogP contribution in [0.15, 0.2) is 18.2 Å². The number of nitro benzene ring substituents is 1. The number of nitro groups is 1. The highest BCUT2D eigenvalue weighted by Gasteiger charge is 2.10. The van der Waals surface area contributed by atoms with Gasteiger partial charge in [0.1, 0.15) is 0 Å². The van der Waals surface area contributed by atoms with E-state index in [0.29, 0.717) is 5.56 Å². The molecule has 13 heavy (non-hydrogen) atoms. The SMILES string of the molecule is [CH2]C(C)c1ccc([N+](=O)[O-])c(C)c1. The van der Waals surface area contributed by atoms with E-state index in [4.69, 9.17) is 0 Å². The Balaban J connectivity index is 3.13. The van der Waals surface area contributed by atoms with Crippen molar-refractivity contribution in [1.82, 2.24) is 0 Å². The highest BCUT2D eigenvalue weighted by atomic mass is 16.6. The van der Waals surface area contributed by atoms with E-state index in [2.05, 4.69) is 6.92 Å². The molecule has 0 aromatic heterocycles. The molecule has 3 heteroatoms. The molecule has 0 heterocycles. The first-order chi connectivity index (χ1) is 6.02. The van der Waals surface area contributed by atoms with Gasteiger partial charge < -0.3 is 0 Å². The Morgan fingerprint density at radius 3 is 2.54 bits per heavy atom. The summed E-state index contributed by atoms with van der Waals surface area (Å²) in [6.45, 7) is 7.55. The van der Waals surface area contributed by atoms with E-state index in [0.717, 1.165) is 5.56 Å².